The SMILES string of the molecule is COc1ccc([C@H]2C3=C(CN(C(C)=O)C3=O)Nc3cccc4c3c2cn4CCC(C)C)c(OC)c1. The van der Waals surface area contributed by atoms with Crippen molar-refractivity contribution in [2.24, 2.45) is 5.92 Å². The highest BCUT2D eigenvalue weighted by Crippen LogP contribution is 2.49. The van der Waals surface area contributed by atoms with E-state index in [4.69, 9.17) is 9.47 Å². The van der Waals surface area contributed by atoms with Gasteiger partial charge < -0.3 is 19.4 Å². The smallest absolute Gasteiger partial charge is 0.259 e. The minimum atomic E-state index is -0.401. The number of nitrogens with zero attached hydrogens (tertiary/aromatic N) is 2. The number of hydrogen-bond acceptors (Lipinski definition) is 5. The quantitative estimate of drug-likeness (QED) is 0.551. The standard InChI is InChI=1S/C28H31N3O4/c1-16(2)11-12-30-14-20-25(19-10-9-18(34-4)13-24(19)35-5)27-22(15-31(17(3)32)28(27)33)29-21-7-6-8-23(30)26(20)21/h6-10,13-14,16,25,29H,11-12,15H2,1-5H3/t25-/m1/s1. The summed E-state index contributed by atoms with van der Waals surface area (Å²) in [5, 5.41) is 4.62. The fourth-order valence-corrected chi connectivity index (χ4v) is 5.24. The summed E-state index contributed by atoms with van der Waals surface area (Å²) in [6.45, 7) is 6.98. The molecule has 1 atom stereocenters. The molecule has 182 valence electrons. The summed E-state index contributed by atoms with van der Waals surface area (Å²) in [5.74, 6) is 0.948. The van der Waals surface area contributed by atoms with Gasteiger partial charge in [-0.1, -0.05) is 26.0 Å². The number of hydrogen-bond donors (Lipinski definition) is 1. The fourth-order valence-electron chi connectivity index (χ4n) is 5.24. The number of methoxy groups -OCH3 is 2. The van der Waals surface area contributed by atoms with E-state index in [0.717, 1.165) is 46.4 Å². The van der Waals surface area contributed by atoms with E-state index in [1.165, 1.54) is 11.8 Å². The van der Waals surface area contributed by atoms with Crippen molar-refractivity contribution < 1.29 is 19.1 Å². The largest absolute Gasteiger partial charge is 0.497 e. The van der Waals surface area contributed by atoms with Crippen LogP contribution in [0.4, 0.5) is 5.69 Å². The molecule has 7 nitrogen and oxygen atoms in total. The van der Waals surface area contributed by atoms with Gasteiger partial charge in [0.1, 0.15) is 11.5 Å². The number of rotatable bonds is 6. The van der Waals surface area contributed by atoms with Crippen LogP contribution in [0.3, 0.4) is 0 Å². The first-order valence-electron chi connectivity index (χ1n) is 12.0. The Morgan fingerprint density at radius 1 is 1.14 bits per heavy atom. The second-order valence-electron chi connectivity index (χ2n) is 9.63. The summed E-state index contributed by atoms with van der Waals surface area (Å²) >= 11 is 0. The molecule has 0 aliphatic carbocycles. The van der Waals surface area contributed by atoms with Crippen LogP contribution in [0.5, 0.6) is 11.5 Å². The molecule has 0 saturated heterocycles. The molecule has 2 aliphatic heterocycles. The lowest BCUT2D eigenvalue weighted by atomic mass is 9.84. The monoisotopic (exact) mass is 473 g/mol. The van der Waals surface area contributed by atoms with Crippen LogP contribution in [0.2, 0.25) is 0 Å². The highest BCUT2D eigenvalue weighted by molar-refractivity contribution is 6.11. The second kappa shape index (κ2) is 8.80. The van der Waals surface area contributed by atoms with E-state index in [9.17, 15) is 9.59 Å². The molecule has 0 saturated carbocycles. The number of nitrogens with one attached hydrogen (secondary N) is 1. The van der Waals surface area contributed by atoms with Gasteiger partial charge >= 0.3 is 0 Å². The van der Waals surface area contributed by atoms with Gasteiger partial charge in [0.2, 0.25) is 5.91 Å². The summed E-state index contributed by atoms with van der Waals surface area (Å²) < 4.78 is 13.5. The van der Waals surface area contributed by atoms with Crippen LogP contribution >= 0.6 is 0 Å². The molecule has 35 heavy (non-hydrogen) atoms. The summed E-state index contributed by atoms with van der Waals surface area (Å²) in [4.78, 5) is 27.3. The van der Waals surface area contributed by atoms with Gasteiger partial charge in [0.15, 0.2) is 0 Å². The van der Waals surface area contributed by atoms with Gasteiger partial charge in [-0.25, -0.2) is 0 Å². The molecule has 3 aromatic rings. The maximum absolute atomic E-state index is 13.7. The molecule has 0 spiro atoms. The van der Waals surface area contributed by atoms with Crippen LogP contribution in [-0.2, 0) is 16.1 Å². The number of aromatic nitrogens is 1. The summed E-state index contributed by atoms with van der Waals surface area (Å²) in [5.41, 5.74) is 5.30. The third kappa shape index (κ3) is 3.75. The number of imide groups is 1. The molecule has 0 fully saturated rings. The van der Waals surface area contributed by atoms with Crippen LogP contribution in [0.25, 0.3) is 10.9 Å². The summed E-state index contributed by atoms with van der Waals surface area (Å²) in [6, 6.07) is 11.9. The van der Waals surface area contributed by atoms with Crippen molar-refractivity contribution in [3.63, 3.8) is 0 Å². The van der Waals surface area contributed by atoms with Gasteiger partial charge in [0, 0.05) is 54.0 Å². The molecule has 0 radical (unpaired) electrons. The molecule has 0 unspecified atom stereocenters. The minimum Gasteiger partial charge on any atom is -0.497 e. The first-order valence-corrected chi connectivity index (χ1v) is 12.0. The number of benzene rings is 2. The molecular formula is C28H31N3O4. The molecule has 2 amide bonds. The zero-order chi connectivity index (χ0) is 24.9. The maximum Gasteiger partial charge on any atom is 0.259 e. The number of aryl methyl sites for hydroxylation is 1. The highest BCUT2D eigenvalue weighted by Gasteiger charge is 2.42. The van der Waals surface area contributed by atoms with Crippen molar-refractivity contribution in [1.29, 1.82) is 0 Å². The Labute approximate surface area is 205 Å². The van der Waals surface area contributed by atoms with Gasteiger partial charge in [-0.2, -0.15) is 0 Å². The molecule has 3 heterocycles. The third-order valence-corrected chi connectivity index (χ3v) is 7.02. The van der Waals surface area contributed by atoms with Crippen molar-refractivity contribution in [1.82, 2.24) is 9.47 Å². The van der Waals surface area contributed by atoms with Crippen LogP contribution in [0.15, 0.2) is 53.9 Å². The Bertz CT molecular complexity index is 1370. The lowest BCUT2D eigenvalue weighted by Crippen LogP contribution is -2.33. The Morgan fingerprint density at radius 2 is 1.94 bits per heavy atom. The number of carbonyl (C=O) groups excluding carboxylic acids is 2. The van der Waals surface area contributed by atoms with Gasteiger partial charge in [-0.3, -0.25) is 14.5 Å². The summed E-state index contributed by atoms with van der Waals surface area (Å²) in [7, 11) is 3.24. The van der Waals surface area contributed by atoms with Crippen molar-refractivity contribution in [2.45, 2.75) is 39.7 Å². The molecule has 2 aliphatic rings. The second-order valence-corrected chi connectivity index (χ2v) is 9.63. The van der Waals surface area contributed by atoms with Crippen molar-refractivity contribution in [2.75, 3.05) is 26.1 Å². The van der Waals surface area contributed by atoms with Crippen LogP contribution < -0.4 is 14.8 Å². The van der Waals surface area contributed by atoms with Gasteiger partial charge in [0.25, 0.3) is 5.91 Å². The van der Waals surface area contributed by atoms with E-state index in [2.05, 4.69) is 36.0 Å². The molecular weight excluding hydrogens is 442 g/mol. The normalized spacial score (nSPS) is 17.0. The zero-order valence-corrected chi connectivity index (χ0v) is 20.8. The van der Waals surface area contributed by atoms with Crippen molar-refractivity contribution in [3.8, 4) is 11.5 Å². The van der Waals surface area contributed by atoms with Crippen molar-refractivity contribution in [3.05, 3.63) is 65.0 Å². The van der Waals surface area contributed by atoms with Gasteiger partial charge in [0.05, 0.1) is 31.9 Å². The molecule has 5 rings (SSSR count). The highest BCUT2D eigenvalue weighted by atomic mass is 16.5. The number of anilines is 1. The molecule has 2 aromatic carbocycles. The van der Waals surface area contributed by atoms with Crippen LogP contribution in [-0.4, -0.2) is 42.0 Å². The average Bonchev–Trinajstić information content (AvgIpc) is 3.32. The predicted molar refractivity (Wildman–Crippen MR) is 136 cm³/mol. The van der Waals surface area contributed by atoms with E-state index < -0.39 is 5.92 Å². The van der Waals surface area contributed by atoms with Gasteiger partial charge in [-0.15, -0.1) is 0 Å². The molecule has 0 bridgehead atoms. The number of amides is 2. The van der Waals surface area contributed by atoms with E-state index >= 15 is 0 Å². The summed E-state index contributed by atoms with van der Waals surface area (Å²) in [6.07, 6.45) is 3.22. The average molecular weight is 474 g/mol. The molecule has 1 aromatic heterocycles. The molecule has 1 N–H and O–H groups in total. The fraction of sp³-hybridized carbons (Fsp3) is 0.357. The lowest BCUT2D eigenvalue weighted by molar-refractivity contribution is -0.139. The Hall–Kier alpha value is -3.74. The minimum absolute atomic E-state index is 0.229. The Kier molecular flexibility index (Phi) is 5.79. The number of carbonyl (C=O) groups is 2. The topological polar surface area (TPSA) is 72.8 Å². The Morgan fingerprint density at radius 3 is 2.63 bits per heavy atom. The Balaban J connectivity index is 1.78. The van der Waals surface area contributed by atoms with Crippen LogP contribution in [0.1, 0.15) is 44.2 Å². The van der Waals surface area contributed by atoms with Crippen molar-refractivity contribution >= 4 is 28.4 Å². The zero-order valence-electron chi connectivity index (χ0n) is 20.8. The predicted octanol–water partition coefficient (Wildman–Crippen LogP) is 4.90. The van der Waals surface area contributed by atoms with E-state index in [1.807, 2.05) is 30.3 Å². The number of ether oxygens (including phenoxy) is 2. The molecule has 7 heteroatoms. The third-order valence-electron chi connectivity index (χ3n) is 7.02. The lowest BCUT2D eigenvalue weighted by Gasteiger charge is -2.22. The van der Waals surface area contributed by atoms with E-state index in [0.29, 0.717) is 23.0 Å². The van der Waals surface area contributed by atoms with Crippen LogP contribution in [0, 0.1) is 5.92 Å². The van der Waals surface area contributed by atoms with E-state index in [1.54, 1.807) is 14.2 Å². The first-order chi connectivity index (χ1) is 16.8. The maximum atomic E-state index is 13.7. The first kappa shape index (κ1) is 23.0. The van der Waals surface area contributed by atoms with Gasteiger partial charge in [-0.05, 0) is 36.1 Å². The van der Waals surface area contributed by atoms with E-state index in [-0.39, 0.29) is 18.4 Å².